The number of rotatable bonds is 7. The maximum atomic E-state index is 13.6. The Morgan fingerprint density at radius 3 is 2.86 bits per heavy atom. The number of H-pyrrole nitrogens is 1. The molecule has 5 atom stereocenters. The molecule has 0 radical (unpaired) electrons. The highest BCUT2D eigenvalue weighted by atomic mass is 16.5. The number of nitrogens with one attached hydrogen (secondary N) is 2. The summed E-state index contributed by atoms with van der Waals surface area (Å²) in [5.74, 6) is -0.358. The number of hydrogen-bond acceptors (Lipinski definition) is 4. The molecule has 6 rings (SSSR count). The minimum absolute atomic E-state index is 0.0167. The van der Waals surface area contributed by atoms with Crippen molar-refractivity contribution in [2.24, 2.45) is 11.8 Å². The van der Waals surface area contributed by atoms with Crippen LogP contribution in [0.25, 0.3) is 10.9 Å². The number of benzene rings is 2. The first-order valence-electron chi connectivity index (χ1n) is 12.1. The van der Waals surface area contributed by atoms with E-state index in [1.165, 1.54) is 5.39 Å². The van der Waals surface area contributed by atoms with E-state index < -0.39 is 17.4 Å². The summed E-state index contributed by atoms with van der Waals surface area (Å²) in [5, 5.41) is 4.25. The second kappa shape index (κ2) is 8.27. The zero-order valence-electron chi connectivity index (χ0n) is 19.9. The fourth-order valence-corrected chi connectivity index (χ4v) is 5.99. The lowest BCUT2D eigenvalue weighted by Crippen LogP contribution is -2.44. The Hall–Kier alpha value is -3.58. The highest BCUT2D eigenvalue weighted by Gasteiger charge is 2.67. The quantitative estimate of drug-likeness (QED) is 0.518. The summed E-state index contributed by atoms with van der Waals surface area (Å²) in [6, 6.07) is 15.8. The Labute approximate surface area is 204 Å². The highest BCUT2D eigenvalue weighted by Crippen LogP contribution is 2.53. The van der Waals surface area contributed by atoms with Crippen LogP contribution < -0.4 is 10.1 Å². The number of carbonyl (C=O) groups is 2. The molecular weight excluding hydrogens is 442 g/mol. The topological polar surface area (TPSA) is 83.7 Å². The van der Waals surface area contributed by atoms with Crippen LogP contribution in [0.1, 0.15) is 24.1 Å². The fourth-order valence-electron chi connectivity index (χ4n) is 5.99. The third-order valence-electron chi connectivity index (χ3n) is 7.87. The third-order valence-corrected chi connectivity index (χ3v) is 7.87. The smallest absolute Gasteiger partial charge is 0.230 e. The minimum Gasteiger partial charge on any atom is -0.497 e. The number of nitrogens with zero attached hydrogens (tertiary/aromatic N) is 1. The van der Waals surface area contributed by atoms with E-state index >= 15 is 0 Å². The minimum atomic E-state index is -0.721. The largest absolute Gasteiger partial charge is 0.497 e. The van der Waals surface area contributed by atoms with Crippen molar-refractivity contribution in [1.29, 1.82) is 0 Å². The van der Waals surface area contributed by atoms with Crippen LogP contribution in [0.3, 0.4) is 0 Å². The van der Waals surface area contributed by atoms with Crippen molar-refractivity contribution in [3.05, 3.63) is 78.0 Å². The lowest BCUT2D eigenvalue weighted by atomic mass is 9.77. The Kier molecular flexibility index (Phi) is 5.18. The van der Waals surface area contributed by atoms with Crippen LogP contribution in [0.5, 0.6) is 5.75 Å². The summed E-state index contributed by atoms with van der Waals surface area (Å²) < 4.78 is 11.5. The normalized spacial score (nSPS) is 27.4. The van der Waals surface area contributed by atoms with Crippen LogP contribution in [0, 0.1) is 11.8 Å². The first-order chi connectivity index (χ1) is 17.0. The van der Waals surface area contributed by atoms with Crippen LogP contribution in [-0.4, -0.2) is 53.6 Å². The van der Waals surface area contributed by atoms with Gasteiger partial charge in [-0.2, -0.15) is 0 Å². The molecule has 0 saturated carbocycles. The predicted octanol–water partition coefficient (Wildman–Crippen LogP) is 3.38. The number of likely N-dealkylation sites (tertiary alicyclic amines) is 1. The molecule has 2 aromatic carbocycles. The van der Waals surface area contributed by atoms with E-state index in [0.717, 1.165) is 22.4 Å². The Bertz CT molecular complexity index is 1310. The van der Waals surface area contributed by atoms with Crippen LogP contribution in [0.4, 0.5) is 0 Å². The van der Waals surface area contributed by atoms with E-state index in [4.69, 9.17) is 9.47 Å². The van der Waals surface area contributed by atoms with Crippen molar-refractivity contribution in [2.45, 2.75) is 31.1 Å². The molecule has 1 spiro atoms. The van der Waals surface area contributed by atoms with E-state index in [0.29, 0.717) is 19.5 Å². The average Bonchev–Trinajstić information content (AvgIpc) is 3.63. The molecule has 35 heavy (non-hydrogen) atoms. The monoisotopic (exact) mass is 471 g/mol. The number of ether oxygens (including phenoxy) is 2. The molecule has 7 heteroatoms. The molecule has 2 amide bonds. The van der Waals surface area contributed by atoms with Crippen molar-refractivity contribution >= 4 is 22.7 Å². The first-order valence-corrected chi connectivity index (χ1v) is 12.1. The third kappa shape index (κ3) is 3.45. The van der Waals surface area contributed by atoms with Gasteiger partial charge in [0.05, 0.1) is 37.6 Å². The molecule has 180 valence electrons. The Morgan fingerprint density at radius 1 is 1.26 bits per heavy atom. The highest BCUT2D eigenvalue weighted by molar-refractivity contribution is 5.93. The number of amides is 2. The average molecular weight is 472 g/mol. The van der Waals surface area contributed by atoms with Crippen LogP contribution in [0.15, 0.2) is 66.9 Å². The molecule has 3 aromatic rings. The molecule has 7 nitrogen and oxygen atoms in total. The lowest BCUT2D eigenvalue weighted by Gasteiger charge is -2.28. The van der Waals surface area contributed by atoms with Gasteiger partial charge in [0.1, 0.15) is 11.4 Å². The number of aromatic nitrogens is 1. The predicted molar refractivity (Wildman–Crippen MR) is 132 cm³/mol. The molecule has 0 aliphatic carbocycles. The van der Waals surface area contributed by atoms with E-state index in [-0.39, 0.29) is 24.0 Å². The van der Waals surface area contributed by atoms with Crippen LogP contribution in [0.2, 0.25) is 0 Å². The summed E-state index contributed by atoms with van der Waals surface area (Å²) in [7, 11) is 1.63. The van der Waals surface area contributed by atoms with Crippen LogP contribution >= 0.6 is 0 Å². The number of hydrogen-bond donors (Lipinski definition) is 2. The van der Waals surface area contributed by atoms with Gasteiger partial charge in [-0.3, -0.25) is 9.59 Å². The van der Waals surface area contributed by atoms with Crippen molar-refractivity contribution in [3.8, 4) is 5.75 Å². The SMILES string of the molecule is COc1ccc([C@H](C)N2C[C@]34C=C[C@H](O3)[C@H](C(=O)NCCc3c[nH]c5ccccc35)[C@@H]4C2=O)cc1. The van der Waals surface area contributed by atoms with Gasteiger partial charge in [-0.1, -0.05) is 42.5 Å². The molecule has 2 fully saturated rings. The van der Waals surface area contributed by atoms with Gasteiger partial charge in [-0.25, -0.2) is 0 Å². The van der Waals surface area contributed by atoms with Crippen molar-refractivity contribution in [3.63, 3.8) is 0 Å². The van der Waals surface area contributed by atoms with E-state index in [2.05, 4.69) is 16.4 Å². The zero-order chi connectivity index (χ0) is 24.2. The van der Waals surface area contributed by atoms with Gasteiger partial charge in [0.2, 0.25) is 11.8 Å². The number of aromatic amines is 1. The van der Waals surface area contributed by atoms with Gasteiger partial charge in [-0.05, 0) is 42.7 Å². The molecule has 0 unspecified atom stereocenters. The summed E-state index contributed by atoms with van der Waals surface area (Å²) in [5.41, 5.74) is 2.55. The Morgan fingerprint density at radius 2 is 2.06 bits per heavy atom. The first kappa shape index (κ1) is 21.9. The zero-order valence-corrected chi connectivity index (χ0v) is 19.9. The molecule has 2 N–H and O–H groups in total. The number of fused-ring (bicyclic) bond motifs is 2. The second-order valence-corrected chi connectivity index (χ2v) is 9.72. The molecule has 1 aromatic heterocycles. The Balaban J connectivity index is 1.16. The van der Waals surface area contributed by atoms with Crippen molar-refractivity contribution in [2.75, 3.05) is 20.2 Å². The summed E-state index contributed by atoms with van der Waals surface area (Å²) in [6.45, 7) is 2.98. The van der Waals surface area contributed by atoms with Gasteiger partial charge in [0.25, 0.3) is 0 Å². The summed E-state index contributed by atoms with van der Waals surface area (Å²) >= 11 is 0. The maximum Gasteiger partial charge on any atom is 0.230 e. The van der Waals surface area contributed by atoms with E-state index in [1.807, 2.05) is 72.6 Å². The molecule has 4 heterocycles. The van der Waals surface area contributed by atoms with Gasteiger partial charge in [0, 0.05) is 23.6 Å². The van der Waals surface area contributed by atoms with Crippen molar-refractivity contribution < 1.29 is 19.1 Å². The molecule has 2 saturated heterocycles. The standard InChI is InChI=1S/C28H29N3O4/c1-17(18-7-9-20(34-2)10-8-18)31-16-28-13-11-23(35-28)24(25(28)27(31)33)26(32)29-14-12-19-15-30-22-6-4-3-5-21(19)22/h3-11,13,15,17,23-25,30H,12,14,16H2,1-2H3,(H,29,32)/t17-,23-,24-,25+,28-/m0/s1. The van der Waals surface area contributed by atoms with Gasteiger partial charge in [0.15, 0.2) is 0 Å². The van der Waals surface area contributed by atoms with Gasteiger partial charge < -0.3 is 24.7 Å². The fraction of sp³-hybridized carbons (Fsp3) is 0.357. The van der Waals surface area contributed by atoms with Gasteiger partial charge in [-0.15, -0.1) is 0 Å². The molecular formula is C28H29N3O4. The van der Waals surface area contributed by atoms with Crippen LogP contribution in [-0.2, 0) is 20.7 Å². The second-order valence-electron chi connectivity index (χ2n) is 9.72. The lowest BCUT2D eigenvalue weighted by molar-refractivity contribution is -0.138. The molecule has 3 aliphatic heterocycles. The summed E-state index contributed by atoms with van der Waals surface area (Å²) in [4.78, 5) is 32.1. The van der Waals surface area contributed by atoms with E-state index in [1.54, 1.807) is 7.11 Å². The molecule has 3 aliphatic rings. The number of carbonyl (C=O) groups excluding carboxylic acids is 2. The van der Waals surface area contributed by atoms with Crippen molar-refractivity contribution in [1.82, 2.24) is 15.2 Å². The summed E-state index contributed by atoms with van der Waals surface area (Å²) in [6.07, 6.45) is 6.31. The van der Waals surface area contributed by atoms with Gasteiger partial charge >= 0.3 is 0 Å². The van der Waals surface area contributed by atoms with E-state index in [9.17, 15) is 9.59 Å². The molecule has 2 bridgehead atoms. The maximum absolute atomic E-state index is 13.6. The number of para-hydroxylation sites is 1. The number of methoxy groups -OCH3 is 1.